The molecule has 0 aliphatic rings. The van der Waals surface area contributed by atoms with E-state index in [1.807, 2.05) is 0 Å². The average molecular weight is 248 g/mol. The zero-order valence-corrected chi connectivity index (χ0v) is 9.71. The molecule has 0 aliphatic carbocycles. The van der Waals surface area contributed by atoms with Gasteiger partial charge in [0.05, 0.1) is 0 Å². The lowest BCUT2D eigenvalue weighted by molar-refractivity contribution is -0.116. The van der Waals surface area contributed by atoms with Crippen molar-refractivity contribution in [1.29, 1.82) is 0 Å². The van der Waals surface area contributed by atoms with E-state index in [0.29, 0.717) is 11.1 Å². The van der Waals surface area contributed by atoms with Gasteiger partial charge in [0.25, 0.3) is 0 Å². The lowest BCUT2D eigenvalue weighted by Crippen LogP contribution is -2.03. The smallest absolute Gasteiger partial charge is 0.300 e. The van der Waals surface area contributed by atoms with Crippen molar-refractivity contribution in [1.82, 2.24) is 0 Å². The number of carbonyl (C=O) groups excluding carboxylic acids is 1. The molecule has 0 saturated heterocycles. The monoisotopic (exact) mass is 248 g/mol. The molecule has 0 amide bonds. The molecule has 0 spiro atoms. The number of hydrogen-bond acceptors (Lipinski definition) is 2. The number of thioether (sulfide) groups is 1. The summed E-state index contributed by atoms with van der Waals surface area (Å²) in [5, 5.41) is 0. The van der Waals surface area contributed by atoms with Crippen LogP contribution in [0.1, 0.15) is 18.1 Å². The van der Waals surface area contributed by atoms with Gasteiger partial charge in [0.1, 0.15) is 5.78 Å². The third-order valence-corrected chi connectivity index (χ3v) is 2.95. The second kappa shape index (κ2) is 4.91. The highest BCUT2D eigenvalue weighted by atomic mass is 32.2. The van der Waals surface area contributed by atoms with Crippen LogP contribution in [0.4, 0.5) is 13.2 Å². The zero-order valence-electron chi connectivity index (χ0n) is 8.89. The Labute approximate surface area is 96.0 Å². The molecule has 0 heterocycles. The summed E-state index contributed by atoms with van der Waals surface area (Å²) in [5.41, 5.74) is -3.11. The molecule has 0 bridgehead atoms. The van der Waals surface area contributed by atoms with Crippen LogP contribution in [0.25, 0.3) is 0 Å². The van der Waals surface area contributed by atoms with Crippen LogP contribution in [-0.4, -0.2) is 11.3 Å². The van der Waals surface area contributed by atoms with Gasteiger partial charge in [0.2, 0.25) is 0 Å². The van der Waals surface area contributed by atoms with E-state index in [9.17, 15) is 18.0 Å². The number of Topliss-reactive ketones (excluding diaryl/α,β-unsaturated/α-hetero) is 1. The van der Waals surface area contributed by atoms with E-state index in [2.05, 4.69) is 0 Å². The van der Waals surface area contributed by atoms with E-state index in [1.165, 1.54) is 13.0 Å². The fourth-order valence-corrected chi connectivity index (χ4v) is 2.04. The molecular formula is C11H11F3OS. The first-order valence-corrected chi connectivity index (χ1v) is 5.45. The number of halogens is 3. The first kappa shape index (κ1) is 13.1. The number of ketones is 1. The van der Waals surface area contributed by atoms with Gasteiger partial charge in [0.15, 0.2) is 0 Å². The maximum Gasteiger partial charge on any atom is 0.446 e. The number of carbonyl (C=O) groups is 1. The largest absolute Gasteiger partial charge is 0.446 e. The molecule has 1 aromatic carbocycles. The molecule has 0 saturated carbocycles. The van der Waals surface area contributed by atoms with E-state index in [-0.39, 0.29) is 28.9 Å². The maximum atomic E-state index is 12.2. The van der Waals surface area contributed by atoms with Crippen LogP contribution < -0.4 is 0 Å². The van der Waals surface area contributed by atoms with Crippen molar-refractivity contribution in [2.75, 3.05) is 0 Å². The lowest BCUT2D eigenvalue weighted by Gasteiger charge is -2.11. The molecule has 0 radical (unpaired) electrons. The molecule has 1 aromatic rings. The van der Waals surface area contributed by atoms with Crippen molar-refractivity contribution in [3.63, 3.8) is 0 Å². The fourth-order valence-electron chi connectivity index (χ4n) is 1.35. The summed E-state index contributed by atoms with van der Waals surface area (Å²) >= 11 is -0.143. The number of alkyl halides is 3. The van der Waals surface area contributed by atoms with Crippen molar-refractivity contribution < 1.29 is 18.0 Å². The minimum atomic E-state index is -4.29. The molecular weight excluding hydrogens is 237 g/mol. The van der Waals surface area contributed by atoms with E-state index < -0.39 is 5.51 Å². The predicted octanol–water partition coefficient (Wildman–Crippen LogP) is 3.74. The van der Waals surface area contributed by atoms with E-state index in [1.54, 1.807) is 19.1 Å². The molecule has 88 valence electrons. The molecule has 5 heteroatoms. The molecule has 0 atom stereocenters. The average Bonchev–Trinajstić information content (AvgIpc) is 2.09. The quantitative estimate of drug-likeness (QED) is 0.758. The standard InChI is InChI=1S/C11H11F3OS/c1-7(15)6-9-4-3-5-10(8(9)2)16-11(12,13)14/h3-5H,6H2,1-2H3. The zero-order chi connectivity index (χ0) is 12.3. The molecule has 16 heavy (non-hydrogen) atoms. The van der Waals surface area contributed by atoms with Gasteiger partial charge in [-0.15, -0.1) is 0 Å². The lowest BCUT2D eigenvalue weighted by atomic mass is 10.0. The summed E-state index contributed by atoms with van der Waals surface area (Å²) in [6, 6.07) is 4.63. The van der Waals surface area contributed by atoms with Crippen molar-refractivity contribution in [3.8, 4) is 0 Å². The molecule has 0 aliphatic heterocycles. The molecule has 0 aromatic heterocycles. The first-order valence-electron chi connectivity index (χ1n) is 4.63. The molecule has 0 N–H and O–H groups in total. The minimum Gasteiger partial charge on any atom is -0.300 e. The first-order chi connectivity index (χ1) is 7.29. The highest BCUT2D eigenvalue weighted by Gasteiger charge is 2.30. The van der Waals surface area contributed by atoms with Gasteiger partial charge >= 0.3 is 5.51 Å². The van der Waals surface area contributed by atoms with E-state index >= 15 is 0 Å². The Bertz CT molecular complexity index is 399. The van der Waals surface area contributed by atoms with Crippen molar-refractivity contribution in [2.45, 2.75) is 30.7 Å². The van der Waals surface area contributed by atoms with E-state index in [0.717, 1.165) is 0 Å². The van der Waals surface area contributed by atoms with Gasteiger partial charge in [-0.2, -0.15) is 13.2 Å². The van der Waals surface area contributed by atoms with Gasteiger partial charge in [-0.3, -0.25) is 4.79 Å². The summed E-state index contributed by atoms with van der Waals surface area (Å²) in [4.78, 5) is 11.1. The number of benzene rings is 1. The van der Waals surface area contributed by atoms with Crippen LogP contribution in [0.5, 0.6) is 0 Å². The van der Waals surface area contributed by atoms with Gasteiger partial charge in [-0.25, -0.2) is 0 Å². The number of rotatable bonds is 3. The topological polar surface area (TPSA) is 17.1 Å². The normalized spacial score (nSPS) is 11.6. The van der Waals surface area contributed by atoms with Gasteiger partial charge in [-0.05, 0) is 42.8 Å². The van der Waals surface area contributed by atoms with Crippen molar-refractivity contribution in [3.05, 3.63) is 29.3 Å². The number of hydrogen-bond donors (Lipinski definition) is 0. The van der Waals surface area contributed by atoms with Gasteiger partial charge in [-0.1, -0.05) is 12.1 Å². The van der Waals surface area contributed by atoms with Crippen LogP contribution in [0.15, 0.2) is 23.1 Å². The summed E-state index contributed by atoms with van der Waals surface area (Å²) < 4.78 is 36.6. The molecule has 0 unspecified atom stereocenters. The van der Waals surface area contributed by atoms with Gasteiger partial charge in [0, 0.05) is 11.3 Å². The Kier molecular flexibility index (Phi) is 4.02. The molecule has 0 fully saturated rings. The summed E-state index contributed by atoms with van der Waals surface area (Å²) in [5.74, 6) is -0.0581. The Morgan fingerprint density at radius 3 is 2.50 bits per heavy atom. The second-order valence-corrected chi connectivity index (χ2v) is 4.57. The summed E-state index contributed by atoms with van der Waals surface area (Å²) in [7, 11) is 0. The summed E-state index contributed by atoms with van der Waals surface area (Å²) in [6.07, 6.45) is 0.179. The third kappa shape index (κ3) is 3.89. The minimum absolute atomic E-state index is 0.0581. The third-order valence-electron chi connectivity index (χ3n) is 2.06. The van der Waals surface area contributed by atoms with Crippen LogP contribution in [0.3, 0.4) is 0 Å². The Hall–Kier alpha value is -0.970. The Morgan fingerprint density at radius 2 is 2.00 bits per heavy atom. The highest BCUT2D eigenvalue weighted by Crippen LogP contribution is 2.39. The molecule has 1 nitrogen and oxygen atoms in total. The Morgan fingerprint density at radius 1 is 1.38 bits per heavy atom. The van der Waals surface area contributed by atoms with Crippen LogP contribution in [0.2, 0.25) is 0 Å². The van der Waals surface area contributed by atoms with Crippen LogP contribution in [-0.2, 0) is 11.2 Å². The van der Waals surface area contributed by atoms with Crippen molar-refractivity contribution in [2.24, 2.45) is 0 Å². The van der Waals surface area contributed by atoms with Crippen LogP contribution >= 0.6 is 11.8 Å². The SMILES string of the molecule is CC(=O)Cc1cccc(SC(F)(F)F)c1C. The summed E-state index contributed by atoms with van der Waals surface area (Å²) in [6.45, 7) is 3.02. The second-order valence-electron chi connectivity index (χ2n) is 3.47. The fraction of sp³-hybridized carbons (Fsp3) is 0.364. The van der Waals surface area contributed by atoms with Crippen molar-refractivity contribution >= 4 is 17.5 Å². The maximum absolute atomic E-state index is 12.2. The Balaban J connectivity index is 2.99. The van der Waals surface area contributed by atoms with Gasteiger partial charge < -0.3 is 0 Å². The van der Waals surface area contributed by atoms with Crippen LogP contribution in [0, 0.1) is 6.92 Å². The highest BCUT2D eigenvalue weighted by molar-refractivity contribution is 8.00. The predicted molar refractivity (Wildman–Crippen MR) is 57.5 cm³/mol. The van der Waals surface area contributed by atoms with E-state index in [4.69, 9.17) is 0 Å². The molecule has 1 rings (SSSR count).